The van der Waals surface area contributed by atoms with E-state index in [-0.39, 0.29) is 7.31 Å². The molecule has 0 bridgehead atoms. The maximum atomic E-state index is 10.5. The van der Waals surface area contributed by atoms with Gasteiger partial charge in [-0.1, -0.05) is 30.3 Å². The number of aromatic nitrogens is 3. The first-order valence-corrected chi connectivity index (χ1v) is 7.60. The van der Waals surface area contributed by atoms with E-state index in [1.807, 2.05) is 47.0 Å². The van der Waals surface area contributed by atoms with Gasteiger partial charge >= 0.3 is 0 Å². The molecule has 0 fully saturated rings. The van der Waals surface area contributed by atoms with E-state index in [1.54, 1.807) is 12.4 Å². The molecule has 3 heterocycles. The molecule has 0 saturated carbocycles. The van der Waals surface area contributed by atoms with Gasteiger partial charge in [0.2, 0.25) is 5.88 Å². The third-order valence-electron chi connectivity index (χ3n) is 3.98. The van der Waals surface area contributed by atoms with E-state index in [0.29, 0.717) is 25.2 Å². The average molecular weight is 306 g/mol. The van der Waals surface area contributed by atoms with Gasteiger partial charge in [0.1, 0.15) is 11.4 Å². The molecule has 0 saturated heterocycles. The predicted molar refractivity (Wildman–Crippen MR) is 90.0 cm³/mol. The highest BCUT2D eigenvalue weighted by Gasteiger charge is 2.23. The van der Waals surface area contributed by atoms with Gasteiger partial charge in [-0.25, -0.2) is 4.98 Å². The molecule has 5 heteroatoms. The molecule has 2 aromatic heterocycles. The number of fused-ring (bicyclic) bond motifs is 1. The van der Waals surface area contributed by atoms with Crippen LogP contribution in [0.3, 0.4) is 0 Å². The Kier molecular flexibility index (Phi) is 3.38. The number of imidazole rings is 1. The van der Waals surface area contributed by atoms with Gasteiger partial charge in [0.15, 0.2) is 5.82 Å². The lowest BCUT2D eigenvalue weighted by molar-refractivity contribution is 0.411. The maximum absolute atomic E-state index is 10.5. The van der Waals surface area contributed by atoms with Crippen LogP contribution >= 0.6 is 0 Å². The van der Waals surface area contributed by atoms with Crippen molar-refractivity contribution in [2.45, 2.75) is 13.0 Å². The minimum atomic E-state index is 0. The highest BCUT2D eigenvalue weighted by Crippen LogP contribution is 2.26. The van der Waals surface area contributed by atoms with Crippen LogP contribution in [0.5, 0.6) is 5.88 Å². The molecule has 4 rings (SSSR count). The molecule has 3 aromatic rings. The molecule has 1 aliphatic rings. The zero-order chi connectivity index (χ0) is 15.6. The molecular formula is C18H18N4O. The van der Waals surface area contributed by atoms with Crippen LogP contribution in [0.2, 0.25) is 0 Å². The molecule has 0 spiro atoms. The van der Waals surface area contributed by atoms with Gasteiger partial charge in [-0.15, -0.1) is 0 Å². The number of benzene rings is 1. The topological polar surface area (TPSA) is 63.3 Å². The summed E-state index contributed by atoms with van der Waals surface area (Å²) in [5, 5.41) is 10.5. The van der Waals surface area contributed by atoms with Crippen molar-refractivity contribution in [2.24, 2.45) is 4.99 Å². The molecule has 23 heavy (non-hydrogen) atoms. The van der Waals surface area contributed by atoms with Gasteiger partial charge in [0.05, 0.1) is 6.54 Å². The van der Waals surface area contributed by atoms with Crippen LogP contribution in [0.4, 0.5) is 0 Å². The number of hydrogen-bond donors (Lipinski definition) is 1. The van der Waals surface area contributed by atoms with Crippen LogP contribution in [0, 0.1) is 0 Å². The second-order valence-electron chi connectivity index (χ2n) is 5.49. The number of rotatable bonds is 3. The van der Waals surface area contributed by atoms with Gasteiger partial charge in [0.25, 0.3) is 0 Å². The predicted octanol–water partition coefficient (Wildman–Crippen LogP) is 2.67. The Morgan fingerprint density at radius 2 is 1.87 bits per heavy atom. The molecule has 0 unspecified atom stereocenters. The van der Waals surface area contributed by atoms with Crippen LogP contribution < -0.4 is 0 Å². The smallest absolute Gasteiger partial charge is 0.215 e. The van der Waals surface area contributed by atoms with Crippen molar-refractivity contribution >= 4 is 5.71 Å². The summed E-state index contributed by atoms with van der Waals surface area (Å²) in [6.45, 7) is 1.29. The van der Waals surface area contributed by atoms with E-state index in [2.05, 4.69) is 15.0 Å². The third-order valence-corrected chi connectivity index (χ3v) is 3.98. The summed E-state index contributed by atoms with van der Waals surface area (Å²) in [6, 6.07) is 13.9. The van der Waals surface area contributed by atoms with Crippen molar-refractivity contribution < 1.29 is 6.53 Å². The molecule has 1 aromatic carbocycles. The minimum Gasteiger partial charge on any atom is -0.493 e. The summed E-state index contributed by atoms with van der Waals surface area (Å²) in [5.41, 5.74) is 3.60. The average Bonchev–Trinajstić information content (AvgIpc) is 2.93. The standard InChI is InChI=1S/C18H16N4O.H2/c23-18-15(12-13-4-2-1-3-5-13)21-17-16(20-10-11-22(17)18)14-6-8-19-9-7-14;/h1-9,23H,10-12H2;1H. The van der Waals surface area contributed by atoms with Gasteiger partial charge < -0.3 is 5.11 Å². The zero-order valence-electron chi connectivity index (χ0n) is 12.6. The Bertz CT molecular complexity index is 859. The Labute approximate surface area is 135 Å². The van der Waals surface area contributed by atoms with E-state index in [4.69, 9.17) is 0 Å². The fraction of sp³-hybridized carbons (Fsp3) is 0.167. The SMILES string of the molecule is Oc1c(Cc2ccccc2)nc2n1CCN=C2c1ccncc1.[HH]. The minimum absolute atomic E-state index is 0. The summed E-state index contributed by atoms with van der Waals surface area (Å²) >= 11 is 0. The summed E-state index contributed by atoms with van der Waals surface area (Å²) in [5.74, 6) is 0.969. The number of nitrogens with zero attached hydrogens (tertiary/aromatic N) is 4. The largest absolute Gasteiger partial charge is 0.493 e. The van der Waals surface area contributed by atoms with E-state index in [1.165, 1.54) is 0 Å². The zero-order valence-corrected chi connectivity index (χ0v) is 12.6. The lowest BCUT2D eigenvalue weighted by atomic mass is 10.1. The van der Waals surface area contributed by atoms with Crippen LogP contribution in [0.1, 0.15) is 24.1 Å². The lowest BCUT2D eigenvalue weighted by Gasteiger charge is -2.15. The molecule has 116 valence electrons. The first-order chi connectivity index (χ1) is 11.3. The first-order valence-electron chi connectivity index (χ1n) is 7.60. The molecule has 5 nitrogen and oxygen atoms in total. The van der Waals surface area contributed by atoms with E-state index in [0.717, 1.165) is 22.7 Å². The molecule has 0 atom stereocenters. The van der Waals surface area contributed by atoms with E-state index >= 15 is 0 Å². The molecule has 0 amide bonds. The Morgan fingerprint density at radius 3 is 2.65 bits per heavy atom. The molecule has 0 aliphatic carbocycles. The van der Waals surface area contributed by atoms with Crippen molar-refractivity contribution in [3.63, 3.8) is 0 Å². The monoisotopic (exact) mass is 306 g/mol. The van der Waals surface area contributed by atoms with Gasteiger partial charge in [-0.2, -0.15) is 0 Å². The molecule has 1 aliphatic heterocycles. The molecule has 1 N–H and O–H groups in total. The molecular weight excluding hydrogens is 288 g/mol. The van der Waals surface area contributed by atoms with Gasteiger partial charge in [-0.05, 0) is 17.7 Å². The molecule has 0 radical (unpaired) electrons. The normalized spacial score (nSPS) is 13.5. The third kappa shape index (κ3) is 2.50. The highest BCUT2D eigenvalue weighted by atomic mass is 16.3. The van der Waals surface area contributed by atoms with Crippen LogP contribution in [-0.2, 0) is 13.0 Å². The number of aliphatic imine (C=N–C) groups is 1. The Morgan fingerprint density at radius 1 is 1.09 bits per heavy atom. The van der Waals surface area contributed by atoms with Crippen molar-refractivity contribution in [1.82, 2.24) is 14.5 Å². The number of pyridine rings is 1. The summed E-state index contributed by atoms with van der Waals surface area (Å²) in [7, 11) is 0. The number of aromatic hydroxyl groups is 1. The second-order valence-corrected chi connectivity index (χ2v) is 5.49. The van der Waals surface area contributed by atoms with E-state index in [9.17, 15) is 5.11 Å². The summed E-state index contributed by atoms with van der Waals surface area (Å²) in [4.78, 5) is 13.3. The quantitative estimate of drug-likeness (QED) is 0.809. The van der Waals surface area contributed by atoms with Crippen molar-refractivity contribution in [1.29, 1.82) is 0 Å². The highest BCUT2D eigenvalue weighted by molar-refractivity contribution is 6.11. The van der Waals surface area contributed by atoms with Crippen LogP contribution in [0.15, 0.2) is 59.9 Å². The Hall–Kier alpha value is -2.95. The van der Waals surface area contributed by atoms with Crippen molar-refractivity contribution in [2.75, 3.05) is 6.54 Å². The lowest BCUT2D eigenvalue weighted by Crippen LogP contribution is -2.19. The van der Waals surface area contributed by atoms with Crippen LogP contribution in [0.25, 0.3) is 0 Å². The number of hydrogen-bond acceptors (Lipinski definition) is 4. The van der Waals surface area contributed by atoms with Gasteiger partial charge in [0, 0.05) is 32.3 Å². The fourth-order valence-electron chi connectivity index (χ4n) is 2.86. The summed E-state index contributed by atoms with van der Waals surface area (Å²) < 4.78 is 1.85. The van der Waals surface area contributed by atoms with Crippen LogP contribution in [-0.4, -0.2) is 31.9 Å². The van der Waals surface area contributed by atoms with Crippen molar-refractivity contribution in [3.05, 3.63) is 77.5 Å². The summed E-state index contributed by atoms with van der Waals surface area (Å²) in [6.07, 6.45) is 4.09. The maximum Gasteiger partial charge on any atom is 0.215 e. The van der Waals surface area contributed by atoms with Crippen molar-refractivity contribution in [3.8, 4) is 5.88 Å². The first kappa shape index (κ1) is 13.7. The second kappa shape index (κ2) is 5.68. The Balaban J connectivity index is 0.00000169. The van der Waals surface area contributed by atoms with Gasteiger partial charge in [-0.3, -0.25) is 14.5 Å². The fourth-order valence-corrected chi connectivity index (χ4v) is 2.86. The van der Waals surface area contributed by atoms with E-state index < -0.39 is 0 Å².